The highest BCUT2D eigenvalue weighted by atomic mass is 16.3. The van der Waals surface area contributed by atoms with E-state index in [1.54, 1.807) is 19.1 Å². The molecule has 0 spiro atoms. The summed E-state index contributed by atoms with van der Waals surface area (Å²) >= 11 is 0. The molecule has 108 valence electrons. The van der Waals surface area contributed by atoms with E-state index in [0.717, 1.165) is 0 Å². The number of anilines is 1. The smallest absolute Gasteiger partial charge is 0.316 e. The van der Waals surface area contributed by atoms with E-state index in [9.17, 15) is 14.4 Å². The van der Waals surface area contributed by atoms with Gasteiger partial charge in [-0.2, -0.15) is 0 Å². The van der Waals surface area contributed by atoms with Gasteiger partial charge in [-0.15, -0.1) is 0 Å². The van der Waals surface area contributed by atoms with Gasteiger partial charge >= 0.3 is 11.8 Å². The van der Waals surface area contributed by atoms with Crippen LogP contribution >= 0.6 is 0 Å². The molecule has 7 heteroatoms. The van der Waals surface area contributed by atoms with Crippen molar-refractivity contribution in [1.82, 2.24) is 10.6 Å². The van der Waals surface area contributed by atoms with E-state index >= 15 is 0 Å². The lowest BCUT2D eigenvalue weighted by atomic mass is 10.1. The number of amides is 3. The second kappa shape index (κ2) is 7.25. The first-order chi connectivity index (χ1) is 9.49. The molecule has 1 atom stereocenters. The maximum absolute atomic E-state index is 11.8. The Hall–Kier alpha value is -2.41. The molecule has 5 N–H and O–H groups in total. The molecule has 0 radical (unpaired) electrons. The lowest BCUT2D eigenvalue weighted by Crippen LogP contribution is -2.47. The zero-order chi connectivity index (χ0) is 15.1. The summed E-state index contributed by atoms with van der Waals surface area (Å²) in [6, 6.07) is 5.67. The van der Waals surface area contributed by atoms with Crippen LogP contribution in [0.15, 0.2) is 24.3 Å². The summed E-state index contributed by atoms with van der Waals surface area (Å²) in [6.45, 7) is 1.46. The highest BCUT2D eigenvalue weighted by Gasteiger charge is 2.20. The van der Waals surface area contributed by atoms with Gasteiger partial charge in [0.1, 0.15) is 0 Å². The summed E-state index contributed by atoms with van der Waals surface area (Å²) in [4.78, 5) is 34.8. The Balaban J connectivity index is 2.64. The molecule has 0 aliphatic heterocycles. The predicted octanol–water partition coefficient (Wildman–Crippen LogP) is -0.588. The number of hydrogen-bond acceptors (Lipinski definition) is 5. The van der Waals surface area contributed by atoms with Gasteiger partial charge in [0.15, 0.2) is 0 Å². The lowest BCUT2D eigenvalue weighted by molar-refractivity contribution is -0.139. The van der Waals surface area contributed by atoms with Crippen molar-refractivity contribution in [2.75, 3.05) is 12.3 Å². The molecule has 0 heterocycles. The number of aliphatic hydroxyl groups is 1. The highest BCUT2D eigenvalue weighted by Crippen LogP contribution is 2.09. The molecule has 20 heavy (non-hydrogen) atoms. The minimum atomic E-state index is -1.09. The van der Waals surface area contributed by atoms with Crippen LogP contribution in [0.25, 0.3) is 0 Å². The molecular formula is C13H17N3O4. The Morgan fingerprint density at radius 3 is 2.45 bits per heavy atom. The molecule has 7 nitrogen and oxygen atoms in total. The van der Waals surface area contributed by atoms with Gasteiger partial charge in [0.25, 0.3) is 5.91 Å². The summed E-state index contributed by atoms with van der Waals surface area (Å²) in [5.41, 5.74) is 5.91. The van der Waals surface area contributed by atoms with Crippen LogP contribution in [0.4, 0.5) is 5.69 Å². The van der Waals surface area contributed by atoms with Crippen LogP contribution in [0.1, 0.15) is 23.7 Å². The maximum Gasteiger partial charge on any atom is 0.316 e. The van der Waals surface area contributed by atoms with E-state index in [1.807, 2.05) is 5.32 Å². The zero-order valence-electron chi connectivity index (χ0n) is 11.1. The number of aliphatic hydroxyl groups excluding tert-OH is 1. The average molecular weight is 279 g/mol. The largest absolute Gasteiger partial charge is 0.398 e. The van der Waals surface area contributed by atoms with Crippen molar-refractivity contribution in [2.24, 2.45) is 0 Å². The molecule has 0 aromatic heterocycles. The van der Waals surface area contributed by atoms with Crippen LogP contribution in [-0.2, 0) is 9.59 Å². The van der Waals surface area contributed by atoms with Crippen LogP contribution in [0.3, 0.4) is 0 Å². The Bertz CT molecular complexity index is 512. The number of carbonyl (C=O) groups is 3. The summed E-state index contributed by atoms with van der Waals surface area (Å²) in [5, 5.41) is 13.2. The second-order valence-corrected chi connectivity index (χ2v) is 4.13. The van der Waals surface area contributed by atoms with Crippen LogP contribution in [0.5, 0.6) is 0 Å². The highest BCUT2D eigenvalue weighted by molar-refractivity contribution is 6.38. The number of benzene rings is 1. The molecule has 0 aliphatic rings. The van der Waals surface area contributed by atoms with E-state index in [-0.39, 0.29) is 17.9 Å². The fourth-order valence-electron chi connectivity index (χ4n) is 1.46. The lowest BCUT2D eigenvalue weighted by Gasteiger charge is -2.13. The Labute approximate surface area is 116 Å². The van der Waals surface area contributed by atoms with Gasteiger partial charge in [0.05, 0.1) is 18.2 Å². The minimum absolute atomic E-state index is 0.114. The second-order valence-electron chi connectivity index (χ2n) is 4.13. The predicted molar refractivity (Wildman–Crippen MR) is 72.6 cm³/mol. The normalized spacial score (nSPS) is 11.5. The minimum Gasteiger partial charge on any atom is -0.398 e. The molecule has 0 bridgehead atoms. The fraction of sp³-hybridized carbons (Fsp3) is 0.308. The third-order valence-electron chi connectivity index (χ3n) is 2.69. The number of nitrogens with one attached hydrogen (secondary N) is 2. The molecule has 0 saturated carbocycles. The van der Waals surface area contributed by atoms with Crippen molar-refractivity contribution in [2.45, 2.75) is 19.4 Å². The standard InChI is InChI=1S/C13H17N3O4/c1-2-8(7-17)15-12(19)13(20)16-11(18)9-5-3-4-6-10(9)14/h3-6,8,17H,2,7,14H2,1H3,(H,15,19)(H,16,18,20). The third kappa shape index (κ3) is 4.06. The summed E-state index contributed by atoms with van der Waals surface area (Å²) in [5.74, 6) is -2.82. The topological polar surface area (TPSA) is 122 Å². The Morgan fingerprint density at radius 2 is 1.90 bits per heavy atom. The van der Waals surface area contributed by atoms with Gasteiger partial charge in [0.2, 0.25) is 0 Å². The number of carbonyl (C=O) groups excluding carboxylic acids is 3. The molecule has 3 amide bonds. The van der Waals surface area contributed by atoms with Crippen LogP contribution in [0.2, 0.25) is 0 Å². The van der Waals surface area contributed by atoms with Crippen molar-refractivity contribution in [1.29, 1.82) is 0 Å². The van der Waals surface area contributed by atoms with E-state index in [1.165, 1.54) is 12.1 Å². The van der Waals surface area contributed by atoms with Gasteiger partial charge in [0, 0.05) is 5.69 Å². The molecule has 0 fully saturated rings. The third-order valence-corrected chi connectivity index (χ3v) is 2.69. The SMILES string of the molecule is CCC(CO)NC(=O)C(=O)NC(=O)c1ccccc1N. The average Bonchev–Trinajstić information content (AvgIpc) is 2.44. The zero-order valence-corrected chi connectivity index (χ0v) is 11.1. The van der Waals surface area contributed by atoms with Crippen molar-refractivity contribution in [3.8, 4) is 0 Å². The number of para-hydroxylation sites is 1. The van der Waals surface area contributed by atoms with Crippen molar-refractivity contribution in [3.05, 3.63) is 29.8 Å². The van der Waals surface area contributed by atoms with Gasteiger partial charge in [-0.3, -0.25) is 19.7 Å². The molecule has 0 aliphatic carbocycles. The molecule has 1 rings (SSSR count). The number of rotatable bonds is 4. The van der Waals surface area contributed by atoms with Gasteiger partial charge < -0.3 is 16.2 Å². The van der Waals surface area contributed by atoms with E-state index in [4.69, 9.17) is 10.8 Å². The quantitative estimate of drug-likeness (QED) is 0.433. The van der Waals surface area contributed by atoms with Gasteiger partial charge in [-0.05, 0) is 18.6 Å². The monoisotopic (exact) mass is 279 g/mol. The first-order valence-electron chi connectivity index (χ1n) is 6.11. The van der Waals surface area contributed by atoms with E-state index < -0.39 is 23.8 Å². The van der Waals surface area contributed by atoms with Crippen molar-refractivity contribution >= 4 is 23.4 Å². The van der Waals surface area contributed by atoms with E-state index in [0.29, 0.717) is 6.42 Å². The summed E-state index contributed by atoms with van der Waals surface area (Å²) in [7, 11) is 0. The maximum atomic E-state index is 11.8. The van der Waals surface area contributed by atoms with Crippen molar-refractivity contribution < 1.29 is 19.5 Å². The summed E-state index contributed by atoms with van der Waals surface area (Å²) in [6.07, 6.45) is 0.467. The number of imide groups is 1. The van der Waals surface area contributed by atoms with Gasteiger partial charge in [-0.25, -0.2) is 0 Å². The van der Waals surface area contributed by atoms with Crippen LogP contribution in [0, 0.1) is 0 Å². The van der Waals surface area contributed by atoms with Crippen molar-refractivity contribution in [3.63, 3.8) is 0 Å². The van der Waals surface area contributed by atoms with Crippen LogP contribution < -0.4 is 16.4 Å². The number of nitrogen functional groups attached to an aromatic ring is 1. The molecule has 1 aromatic carbocycles. The number of nitrogens with two attached hydrogens (primary N) is 1. The first-order valence-corrected chi connectivity index (χ1v) is 6.11. The molecular weight excluding hydrogens is 262 g/mol. The first kappa shape index (κ1) is 15.6. The fourth-order valence-corrected chi connectivity index (χ4v) is 1.46. The Morgan fingerprint density at radius 1 is 1.25 bits per heavy atom. The molecule has 0 saturated heterocycles. The number of hydrogen-bond donors (Lipinski definition) is 4. The van der Waals surface area contributed by atoms with Gasteiger partial charge in [-0.1, -0.05) is 19.1 Å². The van der Waals surface area contributed by atoms with Crippen LogP contribution in [-0.4, -0.2) is 35.5 Å². The molecule has 1 aromatic rings. The Kier molecular flexibility index (Phi) is 5.67. The summed E-state index contributed by atoms with van der Waals surface area (Å²) < 4.78 is 0. The molecule has 1 unspecified atom stereocenters. The van der Waals surface area contributed by atoms with E-state index in [2.05, 4.69) is 5.32 Å².